The van der Waals surface area contributed by atoms with Crippen LogP contribution in [-0.4, -0.2) is 39.8 Å². The molecule has 0 aromatic carbocycles. The highest BCUT2D eigenvalue weighted by Gasteiger charge is 2.19. The third kappa shape index (κ3) is 2.68. The molecule has 0 aliphatic carbocycles. The molecule has 0 unspecified atom stereocenters. The molecule has 0 radical (unpaired) electrons. The molecule has 3 rings (SSSR count). The standard InChI is InChI=1S/C15H20N4/c1-18-8-5-13(11-18)9-12-3-6-16-14(10-12)15-4-7-17-19(15)2/h3-4,6-7,10,13H,5,8-9,11H2,1-2H3/t13-/m1/s1. The Labute approximate surface area is 114 Å². The molecule has 0 N–H and O–H groups in total. The van der Waals surface area contributed by atoms with Gasteiger partial charge in [0.1, 0.15) is 0 Å². The highest BCUT2D eigenvalue weighted by atomic mass is 15.3. The molecule has 0 saturated carbocycles. The van der Waals surface area contributed by atoms with E-state index in [2.05, 4.69) is 34.2 Å². The fourth-order valence-corrected chi connectivity index (χ4v) is 2.89. The Balaban J connectivity index is 1.79. The second kappa shape index (κ2) is 5.13. The molecule has 0 spiro atoms. The molecular weight excluding hydrogens is 236 g/mol. The smallest absolute Gasteiger partial charge is 0.0885 e. The van der Waals surface area contributed by atoms with Crippen LogP contribution in [0.5, 0.6) is 0 Å². The molecule has 1 aliphatic heterocycles. The first-order valence-corrected chi connectivity index (χ1v) is 6.84. The first kappa shape index (κ1) is 12.4. The summed E-state index contributed by atoms with van der Waals surface area (Å²) in [7, 11) is 4.16. The molecule has 1 fully saturated rings. The lowest BCUT2D eigenvalue weighted by Gasteiger charge is -2.11. The maximum Gasteiger partial charge on any atom is 0.0885 e. The van der Waals surface area contributed by atoms with Crippen LogP contribution in [0.4, 0.5) is 0 Å². The Morgan fingerprint density at radius 1 is 1.26 bits per heavy atom. The second-order valence-electron chi connectivity index (χ2n) is 5.51. The zero-order valence-corrected chi connectivity index (χ0v) is 11.6. The molecule has 19 heavy (non-hydrogen) atoms. The number of hydrogen-bond acceptors (Lipinski definition) is 3. The lowest BCUT2D eigenvalue weighted by molar-refractivity contribution is 0.394. The van der Waals surface area contributed by atoms with Crippen LogP contribution in [0.25, 0.3) is 11.4 Å². The highest BCUT2D eigenvalue weighted by molar-refractivity contribution is 5.54. The van der Waals surface area contributed by atoms with Gasteiger partial charge < -0.3 is 4.90 Å². The SMILES string of the molecule is CN1CC[C@H](Cc2ccnc(-c3ccnn3C)c2)C1. The maximum atomic E-state index is 4.46. The van der Waals surface area contributed by atoms with Crippen LogP contribution in [0.15, 0.2) is 30.6 Å². The number of pyridine rings is 1. The molecule has 4 nitrogen and oxygen atoms in total. The first-order chi connectivity index (χ1) is 9.22. The monoisotopic (exact) mass is 256 g/mol. The topological polar surface area (TPSA) is 34.0 Å². The van der Waals surface area contributed by atoms with E-state index in [1.807, 2.05) is 30.2 Å². The van der Waals surface area contributed by atoms with E-state index in [1.165, 1.54) is 25.1 Å². The van der Waals surface area contributed by atoms with Gasteiger partial charge in [-0.05, 0) is 56.1 Å². The highest BCUT2D eigenvalue weighted by Crippen LogP contribution is 2.22. The van der Waals surface area contributed by atoms with Gasteiger partial charge in [0.05, 0.1) is 11.4 Å². The minimum atomic E-state index is 0.784. The third-order valence-corrected chi connectivity index (χ3v) is 3.92. The van der Waals surface area contributed by atoms with Gasteiger partial charge in [-0.3, -0.25) is 9.67 Å². The van der Waals surface area contributed by atoms with E-state index < -0.39 is 0 Å². The molecule has 0 amide bonds. The fraction of sp³-hybridized carbons (Fsp3) is 0.467. The Kier molecular flexibility index (Phi) is 3.34. The lowest BCUT2D eigenvalue weighted by Crippen LogP contribution is -2.15. The van der Waals surface area contributed by atoms with Crippen molar-refractivity contribution in [2.45, 2.75) is 12.8 Å². The van der Waals surface area contributed by atoms with Gasteiger partial charge in [0.2, 0.25) is 0 Å². The van der Waals surface area contributed by atoms with E-state index in [4.69, 9.17) is 0 Å². The summed E-state index contributed by atoms with van der Waals surface area (Å²) in [6.45, 7) is 2.44. The minimum absolute atomic E-state index is 0.784. The zero-order chi connectivity index (χ0) is 13.2. The molecule has 0 bridgehead atoms. The van der Waals surface area contributed by atoms with Gasteiger partial charge in [0, 0.05) is 26.0 Å². The van der Waals surface area contributed by atoms with E-state index >= 15 is 0 Å². The first-order valence-electron chi connectivity index (χ1n) is 6.84. The van der Waals surface area contributed by atoms with E-state index in [9.17, 15) is 0 Å². The Morgan fingerprint density at radius 3 is 2.84 bits per heavy atom. The van der Waals surface area contributed by atoms with Gasteiger partial charge in [-0.25, -0.2) is 0 Å². The summed E-state index contributed by atoms with van der Waals surface area (Å²) < 4.78 is 1.87. The molecule has 1 atom stereocenters. The summed E-state index contributed by atoms with van der Waals surface area (Å²) in [4.78, 5) is 6.87. The normalized spacial score (nSPS) is 20.0. The third-order valence-electron chi connectivity index (χ3n) is 3.92. The Morgan fingerprint density at radius 2 is 2.16 bits per heavy atom. The molecule has 1 aliphatic rings. The van der Waals surface area contributed by atoms with Crippen molar-refractivity contribution in [2.24, 2.45) is 13.0 Å². The van der Waals surface area contributed by atoms with Crippen LogP contribution in [0.2, 0.25) is 0 Å². The predicted molar refractivity (Wildman–Crippen MR) is 75.7 cm³/mol. The van der Waals surface area contributed by atoms with Crippen molar-refractivity contribution in [2.75, 3.05) is 20.1 Å². The number of rotatable bonds is 3. The molecule has 3 heterocycles. The summed E-state index contributed by atoms with van der Waals surface area (Å²) >= 11 is 0. The molecule has 100 valence electrons. The van der Waals surface area contributed by atoms with Crippen molar-refractivity contribution in [1.82, 2.24) is 19.7 Å². The maximum absolute atomic E-state index is 4.46. The van der Waals surface area contributed by atoms with Crippen LogP contribution in [0.3, 0.4) is 0 Å². The van der Waals surface area contributed by atoms with Crippen molar-refractivity contribution in [3.05, 3.63) is 36.2 Å². The summed E-state index contributed by atoms with van der Waals surface area (Å²) in [5.41, 5.74) is 3.47. The summed E-state index contributed by atoms with van der Waals surface area (Å²) in [5.74, 6) is 0.784. The zero-order valence-electron chi connectivity index (χ0n) is 11.6. The average molecular weight is 256 g/mol. The van der Waals surface area contributed by atoms with Gasteiger partial charge in [0.15, 0.2) is 0 Å². The summed E-state index contributed by atoms with van der Waals surface area (Å²) in [6, 6.07) is 6.35. The second-order valence-corrected chi connectivity index (χ2v) is 5.51. The number of aryl methyl sites for hydroxylation is 1. The predicted octanol–water partition coefficient (Wildman–Crippen LogP) is 1.98. The van der Waals surface area contributed by atoms with Gasteiger partial charge >= 0.3 is 0 Å². The van der Waals surface area contributed by atoms with Crippen LogP contribution in [0.1, 0.15) is 12.0 Å². The molecule has 2 aromatic rings. The van der Waals surface area contributed by atoms with Crippen LogP contribution >= 0.6 is 0 Å². The van der Waals surface area contributed by atoms with E-state index in [0.29, 0.717) is 0 Å². The van der Waals surface area contributed by atoms with Gasteiger partial charge in [-0.1, -0.05) is 0 Å². The number of likely N-dealkylation sites (tertiary alicyclic amines) is 1. The van der Waals surface area contributed by atoms with Gasteiger partial charge in [-0.15, -0.1) is 0 Å². The molecular formula is C15H20N4. The summed E-state index contributed by atoms with van der Waals surface area (Å²) in [5, 5.41) is 4.21. The minimum Gasteiger partial charge on any atom is -0.306 e. The quantitative estimate of drug-likeness (QED) is 0.842. The van der Waals surface area contributed by atoms with Crippen molar-refractivity contribution < 1.29 is 0 Å². The summed E-state index contributed by atoms with van der Waals surface area (Å²) in [6.07, 6.45) is 6.18. The molecule has 1 saturated heterocycles. The number of hydrogen-bond donors (Lipinski definition) is 0. The van der Waals surface area contributed by atoms with Crippen LogP contribution < -0.4 is 0 Å². The Bertz CT molecular complexity index is 561. The van der Waals surface area contributed by atoms with Crippen molar-refractivity contribution in [3.8, 4) is 11.4 Å². The van der Waals surface area contributed by atoms with E-state index in [-0.39, 0.29) is 0 Å². The number of nitrogens with zero attached hydrogens (tertiary/aromatic N) is 4. The van der Waals surface area contributed by atoms with E-state index in [0.717, 1.165) is 23.7 Å². The molecule has 4 heteroatoms. The van der Waals surface area contributed by atoms with Crippen LogP contribution in [0, 0.1) is 5.92 Å². The van der Waals surface area contributed by atoms with Crippen molar-refractivity contribution >= 4 is 0 Å². The lowest BCUT2D eigenvalue weighted by atomic mass is 9.98. The van der Waals surface area contributed by atoms with Crippen molar-refractivity contribution in [1.29, 1.82) is 0 Å². The average Bonchev–Trinajstić information content (AvgIpc) is 2.99. The van der Waals surface area contributed by atoms with Gasteiger partial charge in [0.25, 0.3) is 0 Å². The van der Waals surface area contributed by atoms with Gasteiger partial charge in [-0.2, -0.15) is 5.10 Å². The fourth-order valence-electron chi connectivity index (χ4n) is 2.89. The van der Waals surface area contributed by atoms with Crippen LogP contribution in [-0.2, 0) is 13.5 Å². The Hall–Kier alpha value is -1.68. The van der Waals surface area contributed by atoms with E-state index in [1.54, 1.807) is 0 Å². The molecule has 2 aromatic heterocycles. The largest absolute Gasteiger partial charge is 0.306 e. The van der Waals surface area contributed by atoms with Crippen molar-refractivity contribution in [3.63, 3.8) is 0 Å². The number of aromatic nitrogens is 3.